The minimum atomic E-state index is 0.814. The normalized spacial score (nSPS) is 9.60. The zero-order valence-corrected chi connectivity index (χ0v) is 8.33. The van der Waals surface area contributed by atoms with Crippen LogP contribution in [0.5, 0.6) is 0 Å². The van der Waals surface area contributed by atoms with Crippen molar-refractivity contribution in [3.8, 4) is 0 Å². The van der Waals surface area contributed by atoms with Crippen molar-refractivity contribution < 1.29 is 0 Å². The third kappa shape index (κ3) is 1.88. The van der Waals surface area contributed by atoms with Crippen LogP contribution >= 0.6 is 0 Å². The van der Waals surface area contributed by atoms with Crippen LogP contribution in [0.2, 0.25) is 0 Å². The molecule has 0 aromatic heterocycles. The van der Waals surface area contributed by atoms with E-state index in [9.17, 15) is 0 Å². The van der Waals surface area contributed by atoms with Gasteiger partial charge in [0.15, 0.2) is 0 Å². The van der Waals surface area contributed by atoms with E-state index in [0.29, 0.717) is 0 Å². The van der Waals surface area contributed by atoms with Gasteiger partial charge in [-0.3, -0.25) is 5.41 Å². The first-order valence-electron chi connectivity index (χ1n) is 4.75. The van der Waals surface area contributed by atoms with Crippen molar-refractivity contribution in [2.24, 2.45) is 0 Å². The van der Waals surface area contributed by atoms with E-state index >= 15 is 0 Å². The molecule has 0 aliphatic rings. The summed E-state index contributed by atoms with van der Waals surface area (Å²) in [6.45, 7) is 3.85. The van der Waals surface area contributed by atoms with Gasteiger partial charge in [0.1, 0.15) is 0 Å². The molecule has 2 aromatic rings. The van der Waals surface area contributed by atoms with E-state index in [0.717, 1.165) is 20.9 Å². The monoisotopic (exact) mass is 193 g/mol. The molecule has 0 aliphatic carbocycles. The molecule has 0 saturated carbocycles. The number of hydrogen-bond donors (Lipinski definition) is 1. The zero-order chi connectivity index (χ0) is 10.7. The van der Waals surface area contributed by atoms with Crippen LogP contribution in [-0.2, 0) is 0 Å². The Morgan fingerprint density at radius 1 is 0.933 bits per heavy atom. The van der Waals surface area contributed by atoms with Gasteiger partial charge in [-0.05, 0) is 27.6 Å². The molecule has 0 atom stereocenters. The van der Waals surface area contributed by atoms with Crippen molar-refractivity contribution in [2.75, 3.05) is 0 Å². The second-order valence-corrected chi connectivity index (χ2v) is 3.37. The fourth-order valence-corrected chi connectivity index (χ4v) is 1.53. The predicted molar refractivity (Wildman–Crippen MR) is 62.2 cm³/mol. The van der Waals surface area contributed by atoms with Crippen LogP contribution in [-0.4, -0.2) is 5.87 Å². The Kier molecular flexibility index (Phi) is 2.49. The lowest BCUT2D eigenvalue weighted by Gasteiger charge is -1.89. The summed E-state index contributed by atoms with van der Waals surface area (Å²) in [6.07, 6.45) is 0. The molecule has 0 fully saturated rings. The fourth-order valence-electron chi connectivity index (χ4n) is 1.53. The summed E-state index contributed by atoms with van der Waals surface area (Å²) in [5.74, 6) is 2.44. The quantitative estimate of drug-likeness (QED) is 0.610. The van der Waals surface area contributed by atoms with Gasteiger partial charge in [-0.15, -0.1) is 0 Å². The lowest BCUT2D eigenvalue weighted by atomic mass is 10.2. The van der Waals surface area contributed by atoms with Gasteiger partial charge in [-0.1, -0.05) is 49.0 Å². The smallest absolute Gasteiger partial charge is 0.0432 e. The van der Waals surface area contributed by atoms with E-state index in [4.69, 9.17) is 5.41 Å². The van der Waals surface area contributed by atoms with E-state index in [1.807, 2.05) is 48.5 Å². The highest BCUT2D eigenvalue weighted by molar-refractivity contribution is 5.48. The topological polar surface area (TPSA) is 23.9 Å². The van der Waals surface area contributed by atoms with Gasteiger partial charge in [0.25, 0.3) is 0 Å². The van der Waals surface area contributed by atoms with Crippen LogP contribution < -0.4 is 10.4 Å². The molecule has 1 nitrogen and oxygen atoms in total. The molecule has 0 amide bonds. The Morgan fingerprint density at radius 2 is 1.60 bits per heavy atom. The van der Waals surface area contributed by atoms with Crippen molar-refractivity contribution in [2.45, 2.75) is 0 Å². The fraction of sp³-hybridized carbons (Fsp3) is 0. The molecular weight excluding hydrogens is 182 g/mol. The second kappa shape index (κ2) is 3.95. The molecule has 0 aliphatic heterocycles. The predicted octanol–water partition coefficient (Wildman–Crippen LogP) is 1.30. The van der Waals surface area contributed by atoms with Crippen molar-refractivity contribution in [1.29, 1.82) is 5.41 Å². The molecule has 0 saturated heterocycles. The van der Waals surface area contributed by atoms with Gasteiger partial charge in [-0.25, -0.2) is 0 Å². The van der Waals surface area contributed by atoms with Crippen LogP contribution in [0.3, 0.4) is 0 Å². The Bertz CT molecular complexity index is 671. The summed E-state index contributed by atoms with van der Waals surface area (Å²) < 4.78 is 0. The highest BCUT2D eigenvalue weighted by atomic mass is 14.3. The van der Waals surface area contributed by atoms with Crippen LogP contribution in [0.15, 0.2) is 48.5 Å². The molecule has 2 rings (SSSR count). The van der Waals surface area contributed by atoms with Gasteiger partial charge in [-0.2, -0.15) is 0 Å². The van der Waals surface area contributed by atoms with Gasteiger partial charge >= 0.3 is 0 Å². The molecule has 0 heterocycles. The number of nitrogens with one attached hydrogen (secondary N) is 1. The molecule has 1 heteroatoms. The Balaban J connectivity index is 3.07. The van der Waals surface area contributed by atoms with Gasteiger partial charge in [0.05, 0.1) is 0 Å². The molecule has 15 heavy (non-hydrogen) atoms. The summed E-state index contributed by atoms with van der Waals surface area (Å²) in [5, 5.41) is 11.2. The van der Waals surface area contributed by atoms with Crippen LogP contribution in [0, 0.1) is 15.8 Å². The molecule has 0 radical (unpaired) electrons. The highest BCUT2D eigenvalue weighted by Gasteiger charge is 1.85. The first-order chi connectivity index (χ1) is 7.31. The van der Waals surface area contributed by atoms with E-state index in [1.165, 1.54) is 0 Å². The molecular formula is C14H11N. The second-order valence-electron chi connectivity index (χ2n) is 3.37. The van der Waals surface area contributed by atoms with Crippen LogP contribution in [0.1, 0.15) is 0 Å². The number of benzene rings is 2. The molecule has 2 aromatic carbocycles. The molecule has 72 valence electrons. The summed E-state index contributed by atoms with van der Waals surface area (Å²) >= 11 is 0. The average Bonchev–Trinajstić information content (AvgIpc) is 2.30. The number of rotatable bonds is 0. The van der Waals surface area contributed by atoms with E-state index in [1.54, 1.807) is 0 Å². The average molecular weight is 193 g/mol. The molecule has 0 bridgehead atoms. The van der Waals surface area contributed by atoms with E-state index in [2.05, 4.69) is 12.4 Å². The summed E-state index contributed by atoms with van der Waals surface area (Å²) in [7, 11) is 0. The highest BCUT2D eigenvalue weighted by Crippen LogP contribution is 1.89. The van der Waals surface area contributed by atoms with Crippen molar-refractivity contribution in [3.63, 3.8) is 0 Å². The maximum atomic E-state index is 7.21. The lowest BCUT2D eigenvalue weighted by Crippen LogP contribution is -2.04. The molecule has 0 unspecified atom stereocenters. The van der Waals surface area contributed by atoms with Crippen LogP contribution in [0.25, 0.3) is 6.58 Å². The summed E-state index contributed by atoms with van der Waals surface area (Å²) in [4.78, 5) is 0. The van der Waals surface area contributed by atoms with Gasteiger partial charge < -0.3 is 0 Å². The van der Waals surface area contributed by atoms with Crippen molar-refractivity contribution in [1.82, 2.24) is 0 Å². The third-order valence-corrected chi connectivity index (χ3v) is 2.33. The standard InChI is InChI=1S/C14H11N/c1-11-6-8-12(9-7-11)14-5-3-2-4-13(14)10-15/h2-9,15H,1H2. The minimum absolute atomic E-state index is 0.814. The van der Waals surface area contributed by atoms with Crippen molar-refractivity contribution >= 4 is 12.4 Å². The third-order valence-electron chi connectivity index (χ3n) is 2.33. The Labute approximate surface area is 87.8 Å². The molecule has 1 N–H and O–H groups in total. The van der Waals surface area contributed by atoms with Crippen molar-refractivity contribution in [3.05, 3.63) is 69.4 Å². The Morgan fingerprint density at radius 3 is 2.27 bits per heavy atom. The summed E-state index contributed by atoms with van der Waals surface area (Å²) in [5.41, 5.74) is 0. The van der Waals surface area contributed by atoms with Crippen LogP contribution in [0.4, 0.5) is 0 Å². The maximum Gasteiger partial charge on any atom is 0.0432 e. The first-order valence-corrected chi connectivity index (χ1v) is 4.75. The van der Waals surface area contributed by atoms with E-state index in [-0.39, 0.29) is 0 Å². The lowest BCUT2D eigenvalue weighted by molar-refractivity contribution is 1.42. The zero-order valence-electron chi connectivity index (χ0n) is 8.33. The number of hydrogen-bond acceptors (Lipinski definition) is 1. The SMILES string of the molecule is C=c1ccc(=c2ccccc2=C=N)cc1. The van der Waals surface area contributed by atoms with Gasteiger partial charge in [0, 0.05) is 5.22 Å². The first kappa shape index (κ1) is 9.45. The molecule has 0 spiro atoms. The van der Waals surface area contributed by atoms with Gasteiger partial charge in [0.2, 0.25) is 0 Å². The van der Waals surface area contributed by atoms with E-state index < -0.39 is 0 Å². The maximum absolute atomic E-state index is 7.21. The Hall–Kier alpha value is -2.11. The minimum Gasteiger partial charge on any atom is -0.258 e. The summed E-state index contributed by atoms with van der Waals surface area (Å²) in [6, 6.07) is 15.7. The largest absolute Gasteiger partial charge is 0.258 e.